The molecular weight excluding hydrogens is 367 g/mol. The van der Waals surface area contributed by atoms with Crippen LogP contribution in [0.15, 0.2) is 60.8 Å². The van der Waals surface area contributed by atoms with Crippen LogP contribution in [-0.4, -0.2) is 20.7 Å². The summed E-state index contributed by atoms with van der Waals surface area (Å²) in [6.07, 6.45) is 1.59. The van der Waals surface area contributed by atoms with Gasteiger partial charge in [0.05, 0.1) is 22.8 Å². The van der Waals surface area contributed by atoms with Gasteiger partial charge in [0.15, 0.2) is 5.65 Å². The van der Waals surface area contributed by atoms with Crippen LogP contribution in [0.2, 0.25) is 5.02 Å². The molecule has 4 aromatic rings. The maximum atomic E-state index is 13.6. The molecule has 5 nitrogen and oxygen atoms in total. The van der Waals surface area contributed by atoms with E-state index < -0.39 is 0 Å². The zero-order valence-corrected chi connectivity index (χ0v) is 15.0. The number of amides is 1. The van der Waals surface area contributed by atoms with E-state index in [-0.39, 0.29) is 11.7 Å². The molecule has 0 saturated carbocycles. The fourth-order valence-corrected chi connectivity index (χ4v) is 3.05. The van der Waals surface area contributed by atoms with E-state index in [0.717, 1.165) is 0 Å². The van der Waals surface area contributed by atoms with Crippen LogP contribution in [0.3, 0.4) is 0 Å². The van der Waals surface area contributed by atoms with Gasteiger partial charge in [0.2, 0.25) is 0 Å². The molecule has 0 aliphatic rings. The van der Waals surface area contributed by atoms with Crippen molar-refractivity contribution in [2.75, 3.05) is 5.32 Å². The molecule has 7 heteroatoms. The van der Waals surface area contributed by atoms with E-state index in [2.05, 4.69) is 15.4 Å². The predicted molar refractivity (Wildman–Crippen MR) is 103 cm³/mol. The molecule has 2 heterocycles. The van der Waals surface area contributed by atoms with Crippen molar-refractivity contribution in [2.24, 2.45) is 7.05 Å². The van der Waals surface area contributed by atoms with E-state index in [1.807, 2.05) is 0 Å². The van der Waals surface area contributed by atoms with Crippen LogP contribution >= 0.6 is 11.6 Å². The van der Waals surface area contributed by atoms with Gasteiger partial charge in [-0.1, -0.05) is 29.8 Å². The van der Waals surface area contributed by atoms with Gasteiger partial charge in [0, 0.05) is 23.3 Å². The third-order valence-corrected chi connectivity index (χ3v) is 4.39. The number of aryl methyl sites for hydroxylation is 1. The second kappa shape index (κ2) is 6.81. The smallest absolute Gasteiger partial charge is 0.256 e. The number of rotatable bonds is 3. The molecule has 0 fully saturated rings. The summed E-state index contributed by atoms with van der Waals surface area (Å²) in [5, 5.41) is 8.15. The normalized spacial score (nSPS) is 10.9. The first-order valence-electron chi connectivity index (χ1n) is 8.17. The van der Waals surface area contributed by atoms with Gasteiger partial charge in [0.1, 0.15) is 5.82 Å². The molecule has 0 aliphatic carbocycles. The van der Waals surface area contributed by atoms with E-state index in [0.29, 0.717) is 38.6 Å². The number of hydrogen-bond donors (Lipinski definition) is 1. The highest BCUT2D eigenvalue weighted by Gasteiger charge is 2.17. The van der Waals surface area contributed by atoms with Crippen molar-refractivity contribution in [3.63, 3.8) is 0 Å². The van der Waals surface area contributed by atoms with Crippen molar-refractivity contribution >= 4 is 34.2 Å². The Kier molecular flexibility index (Phi) is 4.33. The number of fused-ring (bicyclic) bond motifs is 1. The van der Waals surface area contributed by atoms with Crippen molar-refractivity contribution in [3.05, 3.63) is 77.2 Å². The van der Waals surface area contributed by atoms with Crippen molar-refractivity contribution in [2.45, 2.75) is 0 Å². The quantitative estimate of drug-likeness (QED) is 0.561. The molecule has 134 valence electrons. The Morgan fingerprint density at radius 3 is 2.74 bits per heavy atom. The van der Waals surface area contributed by atoms with Gasteiger partial charge >= 0.3 is 0 Å². The first kappa shape index (κ1) is 17.2. The average Bonchev–Trinajstić information content (AvgIpc) is 3.02. The second-order valence-electron chi connectivity index (χ2n) is 6.04. The highest BCUT2D eigenvalue weighted by Crippen LogP contribution is 2.26. The molecule has 4 rings (SSSR count). The summed E-state index contributed by atoms with van der Waals surface area (Å²) < 4.78 is 15.2. The number of aromatic nitrogens is 3. The van der Waals surface area contributed by atoms with Gasteiger partial charge in [-0.3, -0.25) is 9.48 Å². The first-order chi connectivity index (χ1) is 13.0. The third-order valence-electron chi connectivity index (χ3n) is 4.15. The fraction of sp³-hybridized carbons (Fsp3) is 0.0500. The summed E-state index contributed by atoms with van der Waals surface area (Å²) in [5.74, 6) is -0.695. The number of nitrogens with zero attached hydrogens (tertiary/aromatic N) is 3. The molecule has 27 heavy (non-hydrogen) atoms. The number of halogens is 2. The molecule has 2 aromatic carbocycles. The van der Waals surface area contributed by atoms with Crippen LogP contribution in [0, 0.1) is 5.82 Å². The number of benzene rings is 2. The molecule has 2 aromatic heterocycles. The van der Waals surface area contributed by atoms with Crippen LogP contribution in [0.4, 0.5) is 10.1 Å². The summed E-state index contributed by atoms with van der Waals surface area (Å²) in [6.45, 7) is 0. The largest absolute Gasteiger partial charge is 0.322 e. The molecule has 0 unspecified atom stereocenters. The van der Waals surface area contributed by atoms with Crippen LogP contribution in [0.25, 0.3) is 22.3 Å². The number of carbonyl (C=O) groups excluding carboxylic acids is 1. The third kappa shape index (κ3) is 3.39. The van der Waals surface area contributed by atoms with E-state index >= 15 is 0 Å². The van der Waals surface area contributed by atoms with Gasteiger partial charge in [-0.15, -0.1) is 0 Å². The number of pyridine rings is 1. The van der Waals surface area contributed by atoms with Crippen molar-refractivity contribution in [1.82, 2.24) is 14.8 Å². The van der Waals surface area contributed by atoms with Gasteiger partial charge in [0.25, 0.3) is 5.91 Å². The Morgan fingerprint density at radius 1 is 1.15 bits per heavy atom. The molecule has 0 spiro atoms. The fourth-order valence-electron chi connectivity index (χ4n) is 2.86. The zero-order valence-electron chi connectivity index (χ0n) is 14.3. The van der Waals surface area contributed by atoms with Gasteiger partial charge in [-0.25, -0.2) is 9.37 Å². The molecule has 1 amide bonds. The van der Waals surface area contributed by atoms with E-state index in [9.17, 15) is 9.18 Å². The zero-order chi connectivity index (χ0) is 19.0. The van der Waals surface area contributed by atoms with Crippen molar-refractivity contribution < 1.29 is 9.18 Å². The highest BCUT2D eigenvalue weighted by molar-refractivity contribution is 6.31. The summed E-state index contributed by atoms with van der Waals surface area (Å²) in [5.41, 5.74) is 2.57. The summed E-state index contributed by atoms with van der Waals surface area (Å²) in [6, 6.07) is 14.6. The molecule has 0 radical (unpaired) electrons. The number of carbonyl (C=O) groups is 1. The van der Waals surface area contributed by atoms with Crippen molar-refractivity contribution in [3.8, 4) is 11.3 Å². The Hall–Kier alpha value is -3.25. The Balaban J connectivity index is 1.82. The van der Waals surface area contributed by atoms with E-state index in [1.165, 1.54) is 12.1 Å². The number of anilines is 1. The van der Waals surface area contributed by atoms with Crippen LogP contribution in [0.1, 0.15) is 10.4 Å². The van der Waals surface area contributed by atoms with Crippen LogP contribution in [0.5, 0.6) is 0 Å². The van der Waals surface area contributed by atoms with E-state index in [1.54, 1.807) is 60.4 Å². The maximum absolute atomic E-state index is 13.6. The molecule has 0 atom stereocenters. The maximum Gasteiger partial charge on any atom is 0.256 e. The minimum absolute atomic E-state index is 0.324. The summed E-state index contributed by atoms with van der Waals surface area (Å²) >= 11 is 5.98. The minimum atomic E-state index is -0.371. The number of hydrogen-bond acceptors (Lipinski definition) is 3. The SMILES string of the molecule is Cn1ncc2c(C(=O)Nc3cccc(Cl)c3)cc(-c3cccc(F)c3)nc21. The predicted octanol–water partition coefficient (Wildman–Crippen LogP) is 4.68. The molecule has 0 bridgehead atoms. The first-order valence-corrected chi connectivity index (χ1v) is 8.55. The monoisotopic (exact) mass is 380 g/mol. The second-order valence-corrected chi connectivity index (χ2v) is 6.47. The Labute approximate surface area is 159 Å². The van der Waals surface area contributed by atoms with E-state index in [4.69, 9.17) is 11.6 Å². The van der Waals surface area contributed by atoms with Crippen molar-refractivity contribution in [1.29, 1.82) is 0 Å². The van der Waals surface area contributed by atoms with Crippen LogP contribution < -0.4 is 5.32 Å². The Bertz CT molecular complexity index is 1170. The topological polar surface area (TPSA) is 59.8 Å². The average molecular weight is 381 g/mol. The van der Waals surface area contributed by atoms with Crippen LogP contribution in [-0.2, 0) is 7.05 Å². The van der Waals surface area contributed by atoms with Gasteiger partial charge < -0.3 is 5.32 Å². The lowest BCUT2D eigenvalue weighted by Crippen LogP contribution is -2.13. The summed E-state index contributed by atoms with van der Waals surface area (Å²) in [4.78, 5) is 17.4. The summed E-state index contributed by atoms with van der Waals surface area (Å²) in [7, 11) is 1.74. The molecule has 0 saturated heterocycles. The Morgan fingerprint density at radius 2 is 1.96 bits per heavy atom. The lowest BCUT2D eigenvalue weighted by atomic mass is 10.1. The van der Waals surface area contributed by atoms with Gasteiger partial charge in [-0.05, 0) is 36.4 Å². The molecule has 1 N–H and O–H groups in total. The molecular formula is C20H14ClFN4O. The number of nitrogens with one attached hydrogen (secondary N) is 1. The van der Waals surface area contributed by atoms with Gasteiger partial charge in [-0.2, -0.15) is 5.10 Å². The highest BCUT2D eigenvalue weighted by atomic mass is 35.5. The standard InChI is InChI=1S/C20H14ClFN4O/c1-26-19-17(11-23-26)16(20(27)24-15-7-3-5-13(21)9-15)10-18(25-19)12-4-2-6-14(22)8-12/h2-11H,1H3,(H,24,27). The lowest BCUT2D eigenvalue weighted by Gasteiger charge is -2.09. The molecule has 0 aliphatic heterocycles. The lowest BCUT2D eigenvalue weighted by molar-refractivity contribution is 0.102. The minimum Gasteiger partial charge on any atom is -0.322 e.